The highest BCUT2D eigenvalue weighted by Crippen LogP contribution is 2.33. The Labute approximate surface area is 169 Å². The molecule has 0 amide bonds. The first kappa shape index (κ1) is 20.5. The Morgan fingerprint density at radius 2 is 1.82 bits per heavy atom. The largest absolute Gasteiger partial charge is 0.495 e. The second-order valence-electron chi connectivity index (χ2n) is 6.50. The van der Waals surface area contributed by atoms with Crippen LogP contribution >= 0.6 is 11.6 Å². The smallest absolute Gasteiger partial charge is 0.339 e. The quantitative estimate of drug-likeness (QED) is 0.704. The third-order valence-corrected chi connectivity index (χ3v) is 6.36. The van der Waals surface area contributed by atoms with Crippen molar-refractivity contribution in [2.75, 3.05) is 18.4 Å². The van der Waals surface area contributed by atoms with Crippen molar-refractivity contribution < 1.29 is 22.7 Å². The molecule has 8 heteroatoms. The highest BCUT2D eigenvalue weighted by Gasteiger charge is 2.24. The first-order chi connectivity index (χ1) is 13.4. The fraction of sp³-hybridized carbons (Fsp3) is 0.350. The number of halogens is 1. The van der Waals surface area contributed by atoms with Crippen LogP contribution in [0.4, 0.5) is 5.69 Å². The second-order valence-corrected chi connectivity index (χ2v) is 8.56. The molecule has 2 aromatic carbocycles. The van der Waals surface area contributed by atoms with Crippen molar-refractivity contribution >= 4 is 33.3 Å². The van der Waals surface area contributed by atoms with Gasteiger partial charge in [0.25, 0.3) is 10.0 Å². The van der Waals surface area contributed by atoms with E-state index in [0.29, 0.717) is 5.75 Å². The van der Waals surface area contributed by atoms with Crippen LogP contribution in [0.1, 0.15) is 41.3 Å². The Kier molecular flexibility index (Phi) is 6.15. The molecule has 0 spiro atoms. The molecular weight excluding hydrogens is 402 g/mol. The maximum atomic E-state index is 13.0. The first-order valence-electron chi connectivity index (χ1n) is 9.05. The molecule has 0 radical (unpaired) electrons. The summed E-state index contributed by atoms with van der Waals surface area (Å²) in [6.07, 6.45) is 3.88. The number of nitrogens with one attached hydrogen (secondary N) is 1. The summed E-state index contributed by atoms with van der Waals surface area (Å²) < 4.78 is 38.8. The van der Waals surface area contributed by atoms with Gasteiger partial charge >= 0.3 is 5.97 Å². The highest BCUT2D eigenvalue weighted by atomic mass is 35.5. The third kappa shape index (κ3) is 4.25. The van der Waals surface area contributed by atoms with E-state index in [1.54, 1.807) is 19.1 Å². The third-order valence-electron chi connectivity index (χ3n) is 4.63. The maximum Gasteiger partial charge on any atom is 0.339 e. The number of methoxy groups -OCH3 is 1. The zero-order valence-corrected chi connectivity index (χ0v) is 17.3. The number of carbonyl (C=O) groups is 1. The summed E-state index contributed by atoms with van der Waals surface area (Å²) >= 11 is 6.04. The van der Waals surface area contributed by atoms with E-state index in [4.69, 9.17) is 21.1 Å². The van der Waals surface area contributed by atoms with Gasteiger partial charge in [-0.1, -0.05) is 11.6 Å². The maximum absolute atomic E-state index is 13.0. The first-order valence-corrected chi connectivity index (χ1v) is 10.9. The number of carbonyl (C=O) groups excluding carboxylic acids is 1. The van der Waals surface area contributed by atoms with E-state index in [0.717, 1.165) is 36.8 Å². The van der Waals surface area contributed by atoms with E-state index in [-0.39, 0.29) is 27.8 Å². The van der Waals surface area contributed by atoms with Crippen LogP contribution in [0.25, 0.3) is 0 Å². The van der Waals surface area contributed by atoms with Gasteiger partial charge in [0.2, 0.25) is 0 Å². The van der Waals surface area contributed by atoms with Gasteiger partial charge in [0.15, 0.2) is 0 Å². The van der Waals surface area contributed by atoms with Gasteiger partial charge in [-0.25, -0.2) is 13.2 Å². The topological polar surface area (TPSA) is 81.7 Å². The number of rotatable bonds is 6. The lowest BCUT2D eigenvalue weighted by molar-refractivity contribution is 0.0526. The van der Waals surface area contributed by atoms with Crippen LogP contribution in [0.3, 0.4) is 0 Å². The van der Waals surface area contributed by atoms with E-state index in [9.17, 15) is 13.2 Å². The Bertz CT molecular complexity index is 1000. The molecule has 0 saturated carbocycles. The lowest BCUT2D eigenvalue weighted by Crippen LogP contribution is -2.16. The fourth-order valence-corrected chi connectivity index (χ4v) is 4.72. The molecule has 0 unspecified atom stereocenters. The standard InChI is InChI=1S/C20H22ClNO5S/c1-3-27-20(23)16-12-15(8-9-17(16)21)22-28(24,25)19-11-14-7-5-4-6-13(14)10-18(19)26-2/h8-12,22H,3-7H2,1-2H3. The Balaban J connectivity index is 1.96. The van der Waals surface area contributed by atoms with Gasteiger partial charge < -0.3 is 9.47 Å². The molecule has 2 aromatic rings. The van der Waals surface area contributed by atoms with Crippen molar-refractivity contribution in [1.29, 1.82) is 0 Å². The molecule has 0 aliphatic heterocycles. The van der Waals surface area contributed by atoms with Gasteiger partial charge in [-0.3, -0.25) is 4.72 Å². The van der Waals surface area contributed by atoms with Gasteiger partial charge in [-0.05, 0) is 74.1 Å². The Hall–Kier alpha value is -2.25. The van der Waals surface area contributed by atoms with Gasteiger partial charge in [-0.2, -0.15) is 0 Å². The van der Waals surface area contributed by atoms with E-state index in [1.807, 2.05) is 0 Å². The van der Waals surface area contributed by atoms with Gasteiger partial charge in [0.05, 0.1) is 24.3 Å². The number of anilines is 1. The molecule has 3 rings (SSSR count). The van der Waals surface area contributed by atoms with Crippen LogP contribution in [-0.4, -0.2) is 28.1 Å². The summed E-state index contributed by atoms with van der Waals surface area (Å²) in [5.74, 6) is -0.312. The van der Waals surface area contributed by atoms with Crippen molar-refractivity contribution in [3.63, 3.8) is 0 Å². The Morgan fingerprint density at radius 1 is 1.14 bits per heavy atom. The number of benzene rings is 2. The molecule has 0 bridgehead atoms. The zero-order valence-electron chi connectivity index (χ0n) is 15.7. The molecule has 150 valence electrons. The molecule has 0 saturated heterocycles. The van der Waals surface area contributed by atoms with E-state index in [1.165, 1.54) is 25.3 Å². The molecule has 0 fully saturated rings. The van der Waals surface area contributed by atoms with Gasteiger partial charge in [0.1, 0.15) is 10.6 Å². The Morgan fingerprint density at radius 3 is 2.46 bits per heavy atom. The molecule has 1 N–H and O–H groups in total. The zero-order chi connectivity index (χ0) is 20.3. The van der Waals surface area contributed by atoms with E-state index in [2.05, 4.69) is 4.72 Å². The molecule has 0 atom stereocenters. The molecule has 28 heavy (non-hydrogen) atoms. The monoisotopic (exact) mass is 423 g/mol. The number of hydrogen-bond donors (Lipinski definition) is 1. The average Bonchev–Trinajstić information content (AvgIpc) is 2.68. The van der Waals surface area contributed by atoms with Crippen LogP contribution < -0.4 is 9.46 Å². The number of esters is 1. The minimum absolute atomic E-state index is 0.0725. The summed E-state index contributed by atoms with van der Waals surface area (Å²) in [5, 5.41) is 0.188. The number of sulfonamides is 1. The summed E-state index contributed by atoms with van der Waals surface area (Å²) in [6, 6.07) is 7.79. The minimum atomic E-state index is -3.93. The minimum Gasteiger partial charge on any atom is -0.495 e. The molecular formula is C20H22ClNO5S. The fourth-order valence-electron chi connectivity index (χ4n) is 3.27. The molecule has 6 nitrogen and oxygen atoms in total. The second kappa shape index (κ2) is 8.41. The average molecular weight is 424 g/mol. The summed E-state index contributed by atoms with van der Waals surface area (Å²) in [5.41, 5.74) is 2.46. The van der Waals surface area contributed by atoms with Crippen molar-refractivity contribution in [3.8, 4) is 5.75 Å². The van der Waals surface area contributed by atoms with Crippen LogP contribution in [0, 0.1) is 0 Å². The summed E-state index contributed by atoms with van der Waals surface area (Å²) in [4.78, 5) is 12.1. The van der Waals surface area contributed by atoms with Crippen LogP contribution in [0.2, 0.25) is 5.02 Å². The predicted molar refractivity (Wildman–Crippen MR) is 108 cm³/mol. The summed E-state index contributed by atoms with van der Waals surface area (Å²) in [6.45, 7) is 1.87. The normalized spacial score (nSPS) is 13.5. The van der Waals surface area contributed by atoms with Gasteiger partial charge in [0, 0.05) is 5.69 Å². The van der Waals surface area contributed by atoms with Crippen LogP contribution in [0.5, 0.6) is 5.75 Å². The SMILES string of the molecule is CCOC(=O)c1cc(NS(=O)(=O)c2cc3c(cc2OC)CCCC3)ccc1Cl. The number of aryl methyl sites for hydroxylation is 2. The molecule has 0 aromatic heterocycles. The predicted octanol–water partition coefficient (Wildman–Crippen LogP) is 4.20. The van der Waals surface area contributed by atoms with E-state index >= 15 is 0 Å². The van der Waals surface area contributed by atoms with Crippen LogP contribution in [-0.2, 0) is 27.6 Å². The number of hydrogen-bond acceptors (Lipinski definition) is 5. The van der Waals surface area contributed by atoms with Crippen molar-refractivity contribution in [2.24, 2.45) is 0 Å². The summed E-state index contributed by atoms with van der Waals surface area (Å²) in [7, 11) is -2.48. The number of fused-ring (bicyclic) bond motifs is 1. The lowest BCUT2D eigenvalue weighted by Gasteiger charge is -2.19. The highest BCUT2D eigenvalue weighted by molar-refractivity contribution is 7.92. The van der Waals surface area contributed by atoms with Crippen molar-refractivity contribution in [2.45, 2.75) is 37.5 Å². The van der Waals surface area contributed by atoms with Crippen LogP contribution in [0.15, 0.2) is 35.2 Å². The van der Waals surface area contributed by atoms with Gasteiger partial charge in [-0.15, -0.1) is 0 Å². The molecule has 1 aliphatic rings. The molecule has 0 heterocycles. The molecule has 1 aliphatic carbocycles. The van der Waals surface area contributed by atoms with E-state index < -0.39 is 16.0 Å². The lowest BCUT2D eigenvalue weighted by atomic mass is 9.92. The van der Waals surface area contributed by atoms with Crippen molar-refractivity contribution in [1.82, 2.24) is 0 Å². The number of ether oxygens (including phenoxy) is 2. The van der Waals surface area contributed by atoms with Crippen molar-refractivity contribution in [3.05, 3.63) is 52.0 Å².